The van der Waals surface area contributed by atoms with Crippen molar-refractivity contribution in [1.29, 1.82) is 0 Å². The van der Waals surface area contributed by atoms with Crippen LogP contribution in [0.25, 0.3) is 0 Å². The van der Waals surface area contributed by atoms with Gasteiger partial charge < -0.3 is 5.32 Å². The summed E-state index contributed by atoms with van der Waals surface area (Å²) in [7, 11) is 0. The number of benzene rings is 1. The fourth-order valence-corrected chi connectivity index (χ4v) is 3.85. The van der Waals surface area contributed by atoms with Gasteiger partial charge in [0.15, 0.2) is 5.78 Å². The van der Waals surface area contributed by atoms with E-state index >= 15 is 0 Å². The number of nitrogens with one attached hydrogen (secondary N) is 2. The van der Waals surface area contributed by atoms with Crippen LogP contribution in [0.1, 0.15) is 67.2 Å². The Labute approximate surface area is 157 Å². The summed E-state index contributed by atoms with van der Waals surface area (Å²) in [6.07, 6.45) is 4.06. The second-order valence-corrected chi connectivity index (χ2v) is 7.84. The van der Waals surface area contributed by atoms with Gasteiger partial charge in [0.2, 0.25) is 5.13 Å². The fraction of sp³-hybridized carbons (Fsp3) is 0.474. The highest BCUT2D eigenvalue weighted by molar-refractivity contribution is 7.09. The molecule has 2 N–H and O–H groups in total. The Bertz CT molecular complexity index is 810. The van der Waals surface area contributed by atoms with E-state index in [0.29, 0.717) is 22.2 Å². The van der Waals surface area contributed by atoms with Crippen molar-refractivity contribution in [3.8, 4) is 0 Å². The molecule has 0 spiro atoms. The van der Waals surface area contributed by atoms with Crippen LogP contribution in [0.5, 0.6) is 0 Å². The number of rotatable bonds is 5. The van der Waals surface area contributed by atoms with Crippen LogP contribution in [-0.2, 0) is 0 Å². The molecule has 1 aliphatic rings. The summed E-state index contributed by atoms with van der Waals surface area (Å²) in [5.41, 5.74) is 2.13. The number of carbonyl (C=O) groups excluding carboxylic acids is 2. The number of ketones is 1. The predicted octanol–water partition coefficient (Wildman–Crippen LogP) is 4.99. The number of nitrogens with zero attached hydrogens (tertiary/aromatic N) is 2. The minimum absolute atomic E-state index is 0.0668. The van der Waals surface area contributed by atoms with E-state index in [4.69, 9.17) is 0 Å². The number of amides is 2. The first kappa shape index (κ1) is 18.5. The molecule has 7 heteroatoms. The van der Waals surface area contributed by atoms with Crippen molar-refractivity contribution in [2.75, 3.05) is 10.6 Å². The molecule has 138 valence electrons. The van der Waals surface area contributed by atoms with Crippen LogP contribution in [0.3, 0.4) is 0 Å². The van der Waals surface area contributed by atoms with E-state index in [0.717, 1.165) is 42.8 Å². The van der Waals surface area contributed by atoms with Gasteiger partial charge in [0.25, 0.3) is 0 Å². The number of anilines is 2. The largest absolute Gasteiger partial charge is 0.325 e. The number of hydrogen-bond donors (Lipinski definition) is 2. The highest BCUT2D eigenvalue weighted by atomic mass is 32.1. The summed E-state index contributed by atoms with van der Waals surface area (Å²) >= 11 is 1.15. The van der Waals surface area contributed by atoms with Crippen molar-refractivity contribution in [2.45, 2.75) is 52.4 Å². The summed E-state index contributed by atoms with van der Waals surface area (Å²) in [6.45, 7) is 5.95. The van der Waals surface area contributed by atoms with Gasteiger partial charge in [0.05, 0.1) is 5.69 Å². The van der Waals surface area contributed by atoms with E-state index in [2.05, 4.69) is 20.0 Å². The molecule has 1 aromatic heterocycles. The predicted molar refractivity (Wildman–Crippen MR) is 104 cm³/mol. The lowest BCUT2D eigenvalue weighted by Crippen LogP contribution is -2.22. The first-order valence-electron chi connectivity index (χ1n) is 9.00. The van der Waals surface area contributed by atoms with Crippen LogP contribution in [0, 0.1) is 12.8 Å². The Morgan fingerprint density at radius 1 is 1.19 bits per heavy atom. The number of aryl methyl sites for hydroxylation is 1. The molecule has 0 unspecified atom stereocenters. The first-order valence-corrected chi connectivity index (χ1v) is 9.78. The van der Waals surface area contributed by atoms with Gasteiger partial charge in [-0.3, -0.25) is 10.1 Å². The number of hydrogen-bond acceptors (Lipinski definition) is 5. The van der Waals surface area contributed by atoms with Crippen molar-refractivity contribution in [3.63, 3.8) is 0 Å². The number of urea groups is 1. The van der Waals surface area contributed by atoms with Crippen LogP contribution >= 0.6 is 11.5 Å². The maximum Gasteiger partial charge on any atom is 0.325 e. The average molecular weight is 372 g/mol. The van der Waals surface area contributed by atoms with Gasteiger partial charge in [-0.15, -0.1) is 0 Å². The highest BCUT2D eigenvalue weighted by Crippen LogP contribution is 2.31. The molecule has 0 aliphatic heterocycles. The molecular weight excluding hydrogens is 348 g/mol. The molecule has 1 aromatic carbocycles. The van der Waals surface area contributed by atoms with E-state index < -0.39 is 6.03 Å². The third kappa shape index (κ3) is 4.27. The maximum absolute atomic E-state index is 12.8. The Morgan fingerprint density at radius 2 is 1.92 bits per heavy atom. The summed E-state index contributed by atoms with van der Waals surface area (Å²) in [6, 6.07) is 5.12. The summed E-state index contributed by atoms with van der Waals surface area (Å²) in [4.78, 5) is 29.5. The number of carbonyl (C=O) groups is 2. The minimum atomic E-state index is -0.416. The summed E-state index contributed by atoms with van der Waals surface area (Å²) in [5, 5.41) is 5.94. The van der Waals surface area contributed by atoms with Gasteiger partial charge in [-0.25, -0.2) is 9.78 Å². The maximum atomic E-state index is 12.8. The highest BCUT2D eigenvalue weighted by Gasteiger charge is 2.26. The molecule has 3 rings (SSSR count). The summed E-state index contributed by atoms with van der Waals surface area (Å²) < 4.78 is 4.22. The van der Waals surface area contributed by atoms with Crippen LogP contribution in [0.2, 0.25) is 0 Å². The third-order valence-corrected chi connectivity index (χ3v) is 5.24. The molecule has 1 heterocycles. The van der Waals surface area contributed by atoms with Crippen molar-refractivity contribution in [2.24, 2.45) is 5.92 Å². The number of aromatic nitrogens is 2. The fourth-order valence-electron chi connectivity index (χ4n) is 3.15. The monoisotopic (exact) mass is 372 g/mol. The van der Waals surface area contributed by atoms with E-state index in [1.54, 1.807) is 6.07 Å². The Morgan fingerprint density at radius 3 is 2.58 bits per heavy atom. The van der Waals surface area contributed by atoms with Crippen LogP contribution in [-0.4, -0.2) is 21.2 Å². The van der Waals surface area contributed by atoms with Crippen LogP contribution in [0.4, 0.5) is 15.6 Å². The van der Waals surface area contributed by atoms with Crippen molar-refractivity contribution in [3.05, 3.63) is 35.2 Å². The SMILES string of the molecule is Cc1ccc(NC(=O)Nc2nc(C(C)C)ns2)c(C(=O)C2CCCC2)c1. The molecule has 2 amide bonds. The number of Topliss-reactive ketones (excluding diaryl/α,β-unsaturated/α-hetero) is 1. The van der Waals surface area contributed by atoms with Crippen LogP contribution in [0.15, 0.2) is 18.2 Å². The Kier molecular flexibility index (Phi) is 5.66. The van der Waals surface area contributed by atoms with E-state index in [1.807, 2.05) is 32.9 Å². The first-order chi connectivity index (χ1) is 12.4. The van der Waals surface area contributed by atoms with Crippen molar-refractivity contribution < 1.29 is 9.59 Å². The molecule has 2 aromatic rings. The Hall–Kier alpha value is -2.28. The molecule has 26 heavy (non-hydrogen) atoms. The molecule has 1 fully saturated rings. The van der Waals surface area contributed by atoms with Gasteiger partial charge in [-0.05, 0) is 31.9 Å². The molecule has 6 nitrogen and oxygen atoms in total. The standard InChI is InChI=1S/C19H24N4O2S/c1-11(2)17-21-19(26-23-17)22-18(25)20-15-9-8-12(3)10-14(15)16(24)13-6-4-5-7-13/h8-11,13H,4-7H2,1-3H3,(H2,20,21,22,23,25). The van der Waals surface area contributed by atoms with Gasteiger partial charge in [-0.1, -0.05) is 38.3 Å². The second-order valence-electron chi connectivity index (χ2n) is 7.09. The van der Waals surface area contributed by atoms with Crippen molar-refractivity contribution >= 4 is 34.2 Å². The lowest BCUT2D eigenvalue weighted by molar-refractivity contribution is 0.0923. The smallest absolute Gasteiger partial charge is 0.307 e. The molecule has 0 saturated heterocycles. The molecule has 1 saturated carbocycles. The molecule has 1 aliphatic carbocycles. The zero-order chi connectivity index (χ0) is 18.7. The zero-order valence-corrected chi connectivity index (χ0v) is 16.2. The molecule has 0 bridgehead atoms. The van der Waals surface area contributed by atoms with E-state index in [-0.39, 0.29) is 17.6 Å². The van der Waals surface area contributed by atoms with Gasteiger partial charge >= 0.3 is 6.03 Å². The lowest BCUT2D eigenvalue weighted by Gasteiger charge is -2.14. The minimum Gasteiger partial charge on any atom is -0.307 e. The normalized spacial score (nSPS) is 14.6. The van der Waals surface area contributed by atoms with Gasteiger partial charge in [0, 0.05) is 28.9 Å². The zero-order valence-electron chi connectivity index (χ0n) is 15.3. The van der Waals surface area contributed by atoms with Gasteiger partial charge in [-0.2, -0.15) is 4.37 Å². The topological polar surface area (TPSA) is 84.0 Å². The average Bonchev–Trinajstić information content (AvgIpc) is 3.27. The lowest BCUT2D eigenvalue weighted by atomic mass is 9.94. The van der Waals surface area contributed by atoms with Crippen molar-refractivity contribution in [1.82, 2.24) is 9.36 Å². The third-order valence-electron chi connectivity index (χ3n) is 4.59. The summed E-state index contributed by atoms with van der Waals surface area (Å²) in [5.74, 6) is 1.10. The molecular formula is C19H24N4O2S. The Balaban J connectivity index is 1.73. The van der Waals surface area contributed by atoms with E-state index in [1.165, 1.54) is 0 Å². The molecule has 0 atom stereocenters. The second kappa shape index (κ2) is 7.95. The molecule has 0 radical (unpaired) electrons. The quantitative estimate of drug-likeness (QED) is 0.725. The van der Waals surface area contributed by atoms with E-state index in [9.17, 15) is 9.59 Å². The van der Waals surface area contributed by atoms with Gasteiger partial charge in [0.1, 0.15) is 5.82 Å². The van der Waals surface area contributed by atoms with Crippen LogP contribution < -0.4 is 10.6 Å².